The number of nitrogens with zero attached hydrogens (tertiary/aromatic N) is 2. The van der Waals surface area contributed by atoms with E-state index in [1.807, 2.05) is 37.5 Å². The molecule has 1 aliphatic rings. The van der Waals surface area contributed by atoms with Crippen molar-refractivity contribution in [2.75, 3.05) is 19.6 Å². The minimum atomic E-state index is -0.258. The number of hydrogen-bond donors (Lipinski definition) is 0. The van der Waals surface area contributed by atoms with Gasteiger partial charge in [0, 0.05) is 17.0 Å². The summed E-state index contributed by atoms with van der Waals surface area (Å²) in [6.07, 6.45) is 3.59. The fraction of sp³-hybridized carbons (Fsp3) is 0.450. The molecule has 0 atom stereocenters. The van der Waals surface area contributed by atoms with Crippen LogP contribution in [-0.2, 0) is 0 Å². The molecular weight excluding hydrogens is 303 g/mol. The van der Waals surface area contributed by atoms with Crippen molar-refractivity contribution in [3.63, 3.8) is 0 Å². The second kappa shape index (κ2) is 6.89. The third kappa shape index (κ3) is 3.29. The first kappa shape index (κ1) is 16.9. The van der Waals surface area contributed by atoms with Gasteiger partial charge in [-0.2, -0.15) is 0 Å². The molecular formula is C20H25FN2O. The molecule has 2 heterocycles. The van der Waals surface area contributed by atoms with Crippen molar-refractivity contribution in [1.82, 2.24) is 9.47 Å². The van der Waals surface area contributed by atoms with E-state index in [-0.39, 0.29) is 11.6 Å². The molecule has 128 valence electrons. The van der Waals surface area contributed by atoms with Crippen molar-refractivity contribution >= 4 is 5.78 Å². The molecule has 0 N–H and O–H groups in total. The Hall–Kier alpha value is -1.94. The Kier molecular flexibility index (Phi) is 4.86. The van der Waals surface area contributed by atoms with Crippen LogP contribution in [0.15, 0.2) is 24.3 Å². The lowest BCUT2D eigenvalue weighted by molar-refractivity contribution is 0.0915. The zero-order valence-electron chi connectivity index (χ0n) is 14.7. The Balaban J connectivity index is 1.89. The van der Waals surface area contributed by atoms with Crippen LogP contribution in [-0.4, -0.2) is 34.9 Å². The molecule has 0 aliphatic carbocycles. The van der Waals surface area contributed by atoms with Gasteiger partial charge in [0.05, 0.1) is 12.2 Å². The van der Waals surface area contributed by atoms with Crippen LogP contribution in [0, 0.1) is 26.6 Å². The van der Waals surface area contributed by atoms with Crippen LogP contribution >= 0.6 is 0 Å². The number of rotatable bonds is 4. The molecule has 1 aromatic carbocycles. The number of piperidine rings is 1. The molecule has 3 rings (SSSR count). The zero-order chi connectivity index (χ0) is 17.3. The summed E-state index contributed by atoms with van der Waals surface area (Å²) in [5.74, 6) is -0.129. The Morgan fingerprint density at radius 1 is 1.08 bits per heavy atom. The van der Waals surface area contributed by atoms with Gasteiger partial charge in [-0.25, -0.2) is 4.39 Å². The highest BCUT2D eigenvalue weighted by Crippen LogP contribution is 2.24. The number of Topliss-reactive ketones (excluding diaryl/α,β-unsaturated/α-hetero) is 1. The standard InChI is InChI=1S/C20H25FN2O/c1-14-7-8-19(18(21)11-14)23-15(2)12-17(16(23)3)20(24)13-22-9-5-4-6-10-22/h7-8,11-12H,4-6,9-10,13H2,1-3H3. The number of hydrogen-bond acceptors (Lipinski definition) is 2. The van der Waals surface area contributed by atoms with Gasteiger partial charge in [0.1, 0.15) is 5.82 Å². The third-order valence-corrected chi connectivity index (χ3v) is 4.89. The van der Waals surface area contributed by atoms with E-state index in [0.717, 1.165) is 30.0 Å². The van der Waals surface area contributed by atoms with E-state index < -0.39 is 0 Å². The van der Waals surface area contributed by atoms with E-state index in [9.17, 15) is 9.18 Å². The lowest BCUT2D eigenvalue weighted by Crippen LogP contribution is -2.34. The topological polar surface area (TPSA) is 25.2 Å². The summed E-state index contributed by atoms with van der Waals surface area (Å²) < 4.78 is 16.2. The van der Waals surface area contributed by atoms with Crippen molar-refractivity contribution in [1.29, 1.82) is 0 Å². The van der Waals surface area contributed by atoms with Crippen LogP contribution in [0.25, 0.3) is 5.69 Å². The Morgan fingerprint density at radius 3 is 2.46 bits per heavy atom. The number of benzene rings is 1. The van der Waals surface area contributed by atoms with Gasteiger partial charge in [0.25, 0.3) is 0 Å². The number of aromatic nitrogens is 1. The fourth-order valence-electron chi connectivity index (χ4n) is 3.61. The Labute approximate surface area is 143 Å². The summed E-state index contributed by atoms with van der Waals surface area (Å²) in [6, 6.07) is 7.10. The predicted octanol–water partition coefficient (Wildman–Crippen LogP) is 4.21. The van der Waals surface area contributed by atoms with E-state index in [1.54, 1.807) is 6.07 Å². The van der Waals surface area contributed by atoms with E-state index in [4.69, 9.17) is 0 Å². The van der Waals surface area contributed by atoms with Gasteiger partial charge < -0.3 is 4.57 Å². The largest absolute Gasteiger partial charge is 0.315 e. The lowest BCUT2D eigenvalue weighted by atomic mass is 10.1. The lowest BCUT2D eigenvalue weighted by Gasteiger charge is -2.25. The van der Waals surface area contributed by atoms with Crippen molar-refractivity contribution in [2.24, 2.45) is 0 Å². The molecule has 2 aromatic rings. The second-order valence-electron chi connectivity index (χ2n) is 6.84. The van der Waals surface area contributed by atoms with Gasteiger partial charge in [-0.1, -0.05) is 12.5 Å². The van der Waals surface area contributed by atoms with E-state index in [0.29, 0.717) is 17.8 Å². The number of likely N-dealkylation sites (tertiary alicyclic amines) is 1. The van der Waals surface area contributed by atoms with E-state index >= 15 is 0 Å². The maximum atomic E-state index is 14.4. The van der Waals surface area contributed by atoms with Crippen LogP contribution in [0.3, 0.4) is 0 Å². The highest BCUT2D eigenvalue weighted by molar-refractivity contribution is 5.99. The first-order valence-electron chi connectivity index (χ1n) is 8.68. The normalized spacial score (nSPS) is 15.7. The Bertz CT molecular complexity index is 757. The van der Waals surface area contributed by atoms with Crippen LogP contribution < -0.4 is 0 Å². The SMILES string of the molecule is Cc1ccc(-n2c(C)cc(C(=O)CN3CCCCC3)c2C)c(F)c1. The minimum absolute atomic E-state index is 0.128. The van der Waals surface area contributed by atoms with Crippen LogP contribution in [0.1, 0.15) is 46.6 Å². The molecule has 0 saturated carbocycles. The molecule has 1 aromatic heterocycles. The first-order valence-corrected chi connectivity index (χ1v) is 8.68. The summed E-state index contributed by atoms with van der Waals surface area (Å²) in [6.45, 7) is 8.14. The number of aryl methyl sites for hydroxylation is 2. The summed E-state index contributed by atoms with van der Waals surface area (Å²) in [5, 5.41) is 0. The van der Waals surface area contributed by atoms with Gasteiger partial charge in [-0.3, -0.25) is 9.69 Å². The van der Waals surface area contributed by atoms with Gasteiger partial charge >= 0.3 is 0 Å². The monoisotopic (exact) mass is 328 g/mol. The molecule has 1 saturated heterocycles. The van der Waals surface area contributed by atoms with Crippen molar-refractivity contribution in [2.45, 2.75) is 40.0 Å². The molecule has 1 fully saturated rings. The van der Waals surface area contributed by atoms with E-state index in [2.05, 4.69) is 4.90 Å². The summed E-state index contributed by atoms with van der Waals surface area (Å²) in [4.78, 5) is 14.9. The molecule has 0 bridgehead atoms. The average molecular weight is 328 g/mol. The average Bonchev–Trinajstić information content (AvgIpc) is 2.84. The highest BCUT2D eigenvalue weighted by atomic mass is 19.1. The fourth-order valence-corrected chi connectivity index (χ4v) is 3.61. The summed E-state index contributed by atoms with van der Waals surface area (Å²) in [7, 11) is 0. The van der Waals surface area contributed by atoms with Gasteiger partial charge in [-0.05, 0) is 70.5 Å². The number of carbonyl (C=O) groups is 1. The van der Waals surface area contributed by atoms with Crippen molar-refractivity contribution in [3.05, 3.63) is 52.6 Å². The highest BCUT2D eigenvalue weighted by Gasteiger charge is 2.21. The van der Waals surface area contributed by atoms with Gasteiger partial charge in [0.2, 0.25) is 0 Å². The molecule has 0 amide bonds. The van der Waals surface area contributed by atoms with Crippen LogP contribution in [0.5, 0.6) is 0 Å². The molecule has 4 heteroatoms. The second-order valence-corrected chi connectivity index (χ2v) is 6.84. The first-order chi connectivity index (χ1) is 11.5. The van der Waals surface area contributed by atoms with Crippen molar-refractivity contribution in [3.8, 4) is 5.69 Å². The maximum absolute atomic E-state index is 14.4. The minimum Gasteiger partial charge on any atom is -0.315 e. The maximum Gasteiger partial charge on any atom is 0.178 e. The molecule has 24 heavy (non-hydrogen) atoms. The number of carbonyl (C=O) groups excluding carboxylic acids is 1. The predicted molar refractivity (Wildman–Crippen MR) is 94.6 cm³/mol. The molecule has 0 radical (unpaired) electrons. The molecule has 0 spiro atoms. The van der Waals surface area contributed by atoms with Gasteiger partial charge in [-0.15, -0.1) is 0 Å². The van der Waals surface area contributed by atoms with Crippen molar-refractivity contribution < 1.29 is 9.18 Å². The molecule has 1 aliphatic heterocycles. The van der Waals surface area contributed by atoms with Crippen LogP contribution in [0.4, 0.5) is 4.39 Å². The molecule has 0 unspecified atom stereocenters. The smallest absolute Gasteiger partial charge is 0.178 e. The third-order valence-electron chi connectivity index (χ3n) is 4.89. The van der Waals surface area contributed by atoms with Crippen LogP contribution in [0.2, 0.25) is 0 Å². The Morgan fingerprint density at radius 2 is 1.79 bits per heavy atom. The number of ketones is 1. The summed E-state index contributed by atoms with van der Waals surface area (Å²) in [5.41, 5.74) is 3.81. The quantitative estimate of drug-likeness (QED) is 0.786. The zero-order valence-corrected chi connectivity index (χ0v) is 14.7. The van der Waals surface area contributed by atoms with E-state index in [1.165, 1.54) is 25.3 Å². The molecule has 3 nitrogen and oxygen atoms in total. The summed E-state index contributed by atoms with van der Waals surface area (Å²) >= 11 is 0. The van der Waals surface area contributed by atoms with Gasteiger partial charge in [0.15, 0.2) is 5.78 Å². The number of halogens is 1.